The topological polar surface area (TPSA) is 145 Å². The van der Waals surface area contributed by atoms with Crippen LogP contribution in [0.4, 0.5) is 11.6 Å². The molecule has 9 nitrogen and oxygen atoms in total. The summed E-state index contributed by atoms with van der Waals surface area (Å²) in [5.41, 5.74) is 2.37. The Morgan fingerprint density at radius 2 is 2.06 bits per heavy atom. The van der Waals surface area contributed by atoms with Crippen molar-refractivity contribution < 1.29 is 13.2 Å². The molecule has 0 unspecified atom stereocenters. The zero-order valence-corrected chi connectivity index (χ0v) is 10.7. The molecule has 0 aliphatic rings. The van der Waals surface area contributed by atoms with E-state index < -0.39 is 10.0 Å². The first-order valence-corrected chi connectivity index (χ1v) is 6.79. The summed E-state index contributed by atoms with van der Waals surface area (Å²) in [4.78, 5) is 7.84. The van der Waals surface area contributed by atoms with Crippen LogP contribution in [0, 0.1) is 0 Å². The number of nitrogens with two attached hydrogens (primary N) is 2. The van der Waals surface area contributed by atoms with Gasteiger partial charge < -0.3 is 15.5 Å². The highest BCUT2D eigenvalue weighted by atomic mass is 32.2. The zero-order chi connectivity index (χ0) is 13.6. The van der Waals surface area contributed by atoms with Crippen LogP contribution in [0.15, 0.2) is 6.33 Å². The lowest BCUT2D eigenvalue weighted by molar-refractivity contribution is 0.414. The normalized spacial score (nSPS) is 11.1. The summed E-state index contributed by atoms with van der Waals surface area (Å²) in [6, 6.07) is 0. The minimum absolute atomic E-state index is 0.102. The summed E-state index contributed by atoms with van der Waals surface area (Å²) in [6.07, 6.45) is 1.66. The van der Waals surface area contributed by atoms with Crippen molar-refractivity contribution in [3.63, 3.8) is 0 Å². The molecule has 0 aromatic carbocycles. The van der Waals surface area contributed by atoms with Gasteiger partial charge in [-0.15, -0.1) is 0 Å². The fraction of sp³-hybridized carbons (Fsp3) is 0.500. The van der Waals surface area contributed by atoms with Gasteiger partial charge >= 0.3 is 0 Å². The maximum Gasteiger partial charge on any atom is 0.209 e. The van der Waals surface area contributed by atoms with Gasteiger partial charge in [0.1, 0.15) is 6.33 Å². The van der Waals surface area contributed by atoms with Gasteiger partial charge in [0, 0.05) is 6.54 Å². The maximum absolute atomic E-state index is 10.7. The second-order valence-corrected chi connectivity index (χ2v) is 5.13. The first-order chi connectivity index (χ1) is 8.48. The van der Waals surface area contributed by atoms with E-state index in [4.69, 9.17) is 15.7 Å². The van der Waals surface area contributed by atoms with Gasteiger partial charge in [-0.1, -0.05) is 0 Å². The molecule has 1 aromatic heterocycles. The van der Waals surface area contributed by atoms with Crippen LogP contribution >= 0.6 is 0 Å². The molecule has 0 aliphatic carbocycles. The predicted octanol–water partition coefficient (Wildman–Crippen LogP) is -1.14. The zero-order valence-electron chi connectivity index (χ0n) is 9.88. The van der Waals surface area contributed by atoms with Crippen molar-refractivity contribution in [1.29, 1.82) is 0 Å². The Labute approximate surface area is 105 Å². The minimum atomic E-state index is -3.44. The first kappa shape index (κ1) is 14.4. The van der Waals surface area contributed by atoms with Crippen LogP contribution in [0.3, 0.4) is 0 Å². The van der Waals surface area contributed by atoms with Crippen molar-refractivity contribution in [2.45, 2.75) is 6.42 Å². The van der Waals surface area contributed by atoms with Gasteiger partial charge in [-0.3, -0.25) is 0 Å². The second kappa shape index (κ2) is 6.33. The second-order valence-electron chi connectivity index (χ2n) is 3.40. The third kappa shape index (κ3) is 4.31. The highest BCUT2D eigenvalue weighted by Crippen LogP contribution is 2.27. The van der Waals surface area contributed by atoms with Gasteiger partial charge in [-0.25, -0.2) is 29.4 Å². The number of nitrogens with one attached hydrogen (secondary N) is 2. The van der Waals surface area contributed by atoms with E-state index in [1.165, 1.54) is 13.4 Å². The highest BCUT2D eigenvalue weighted by molar-refractivity contribution is 7.89. The van der Waals surface area contributed by atoms with Gasteiger partial charge in [0.2, 0.25) is 15.8 Å². The first-order valence-electron chi connectivity index (χ1n) is 5.08. The largest absolute Gasteiger partial charge is 0.490 e. The summed E-state index contributed by atoms with van der Waals surface area (Å²) in [5, 5.41) is 7.80. The molecule has 1 aromatic rings. The van der Waals surface area contributed by atoms with Crippen molar-refractivity contribution in [3.05, 3.63) is 6.33 Å². The molecular formula is C8H16N6O3S. The molecule has 102 valence electrons. The number of hydrazine groups is 1. The average molecular weight is 276 g/mol. The molecule has 0 amide bonds. The van der Waals surface area contributed by atoms with Crippen molar-refractivity contribution >= 4 is 21.7 Å². The Balaban J connectivity index is 2.62. The minimum Gasteiger partial charge on any atom is -0.490 e. The van der Waals surface area contributed by atoms with Crippen LogP contribution in [0.5, 0.6) is 5.75 Å². The van der Waals surface area contributed by atoms with Gasteiger partial charge in [0.05, 0.1) is 12.9 Å². The molecular weight excluding hydrogens is 260 g/mol. The Kier molecular flexibility index (Phi) is 5.07. The van der Waals surface area contributed by atoms with Crippen molar-refractivity contribution in [3.8, 4) is 5.75 Å². The molecule has 0 saturated carbocycles. The Bertz CT molecular complexity index is 492. The molecule has 18 heavy (non-hydrogen) atoms. The highest BCUT2D eigenvalue weighted by Gasteiger charge is 2.10. The van der Waals surface area contributed by atoms with Crippen molar-refractivity contribution in [1.82, 2.24) is 9.97 Å². The number of sulfonamides is 1. The predicted molar refractivity (Wildman–Crippen MR) is 67.5 cm³/mol. The number of ether oxygens (including phenoxy) is 1. The van der Waals surface area contributed by atoms with Crippen LogP contribution < -0.4 is 26.5 Å². The van der Waals surface area contributed by atoms with E-state index in [-0.39, 0.29) is 5.75 Å². The van der Waals surface area contributed by atoms with Gasteiger partial charge in [0.25, 0.3) is 0 Å². The SMILES string of the molecule is COc1c(NN)ncnc1NCCCS(N)(=O)=O. The number of hydrogen-bond donors (Lipinski definition) is 4. The standard InChI is InChI=1S/C8H16N6O3S/c1-17-6-7(12-5-13-8(6)14-9)11-3-2-4-18(10,15)16/h5H,2-4,9H2,1H3,(H2,10,15,16)(H2,11,12,13,14). The van der Waals surface area contributed by atoms with Crippen LogP contribution in [-0.4, -0.2) is 37.8 Å². The lowest BCUT2D eigenvalue weighted by atomic mass is 10.4. The molecule has 1 rings (SSSR count). The summed E-state index contributed by atoms with van der Waals surface area (Å²) < 4.78 is 26.6. The third-order valence-electron chi connectivity index (χ3n) is 2.04. The molecule has 6 N–H and O–H groups in total. The lowest BCUT2D eigenvalue weighted by Crippen LogP contribution is -2.19. The summed E-state index contributed by atoms with van der Waals surface area (Å²) in [5.74, 6) is 6.28. The molecule has 0 bridgehead atoms. The number of aromatic nitrogens is 2. The van der Waals surface area contributed by atoms with Crippen molar-refractivity contribution in [2.24, 2.45) is 11.0 Å². The van der Waals surface area contributed by atoms with E-state index in [9.17, 15) is 8.42 Å². The van der Waals surface area contributed by atoms with Gasteiger partial charge in [0.15, 0.2) is 11.6 Å². The van der Waals surface area contributed by atoms with E-state index in [1.807, 2.05) is 0 Å². The average Bonchev–Trinajstić information content (AvgIpc) is 2.32. The Morgan fingerprint density at radius 1 is 1.39 bits per heavy atom. The smallest absolute Gasteiger partial charge is 0.209 e. The number of primary sulfonamides is 1. The van der Waals surface area contributed by atoms with Gasteiger partial charge in [-0.05, 0) is 6.42 Å². The molecule has 0 atom stereocenters. The molecule has 0 fully saturated rings. The monoisotopic (exact) mass is 276 g/mol. The number of rotatable bonds is 7. The van der Waals surface area contributed by atoms with E-state index in [1.54, 1.807) is 0 Å². The van der Waals surface area contributed by atoms with E-state index in [0.717, 1.165) is 0 Å². The van der Waals surface area contributed by atoms with E-state index >= 15 is 0 Å². The molecule has 0 spiro atoms. The maximum atomic E-state index is 10.7. The number of hydrogen-bond acceptors (Lipinski definition) is 8. The number of nitrogens with zero attached hydrogens (tertiary/aromatic N) is 2. The van der Waals surface area contributed by atoms with Crippen LogP contribution in [-0.2, 0) is 10.0 Å². The molecule has 0 aliphatic heterocycles. The summed E-state index contributed by atoms with van der Waals surface area (Å²) >= 11 is 0. The summed E-state index contributed by atoms with van der Waals surface area (Å²) in [6.45, 7) is 0.383. The fourth-order valence-corrected chi connectivity index (χ4v) is 1.82. The number of methoxy groups -OCH3 is 1. The quantitative estimate of drug-likeness (QED) is 0.278. The van der Waals surface area contributed by atoms with E-state index in [0.29, 0.717) is 30.4 Å². The van der Waals surface area contributed by atoms with Crippen molar-refractivity contribution in [2.75, 3.05) is 30.1 Å². The number of anilines is 2. The third-order valence-corrected chi connectivity index (χ3v) is 2.90. The van der Waals surface area contributed by atoms with E-state index in [2.05, 4.69) is 20.7 Å². The van der Waals surface area contributed by atoms with Crippen LogP contribution in [0.25, 0.3) is 0 Å². The molecule has 0 saturated heterocycles. The summed E-state index contributed by atoms with van der Waals surface area (Å²) in [7, 11) is -1.99. The van der Waals surface area contributed by atoms with Gasteiger partial charge in [-0.2, -0.15) is 0 Å². The molecule has 1 heterocycles. The van der Waals surface area contributed by atoms with Crippen LogP contribution in [0.2, 0.25) is 0 Å². The molecule has 0 radical (unpaired) electrons. The fourth-order valence-electron chi connectivity index (χ4n) is 1.28. The number of nitrogen functional groups attached to an aromatic ring is 1. The molecule has 10 heteroatoms. The lowest BCUT2D eigenvalue weighted by Gasteiger charge is -2.12. The Morgan fingerprint density at radius 3 is 2.61 bits per heavy atom. The Hall–Kier alpha value is -1.65. The van der Waals surface area contributed by atoms with Crippen LogP contribution in [0.1, 0.15) is 6.42 Å².